The number of ether oxygens (including phenoxy) is 1. The van der Waals surface area contributed by atoms with Crippen LogP contribution in [0.2, 0.25) is 0 Å². The number of aryl methyl sites for hydroxylation is 1. The molecule has 0 aliphatic carbocycles. The highest BCUT2D eigenvalue weighted by atomic mass is 127. The maximum Gasteiger partial charge on any atom is 0.127 e. The molecule has 0 aromatic heterocycles. The van der Waals surface area contributed by atoms with Crippen molar-refractivity contribution in [3.8, 4) is 5.75 Å². The zero-order valence-corrected chi connectivity index (χ0v) is 12.8. The lowest BCUT2D eigenvalue weighted by Gasteiger charge is -2.24. The van der Waals surface area contributed by atoms with E-state index in [2.05, 4.69) is 52.9 Å². The summed E-state index contributed by atoms with van der Waals surface area (Å²) in [7, 11) is 0. The number of hydrogen-bond donors (Lipinski definition) is 1. The SMILES string of the molecule is NC(c1ccccc1I)c1cccc2c1OCCC2. The molecular weight excluding hydrogens is 349 g/mol. The van der Waals surface area contributed by atoms with Crippen LogP contribution in [-0.2, 0) is 6.42 Å². The average molecular weight is 365 g/mol. The van der Waals surface area contributed by atoms with Crippen LogP contribution in [0, 0.1) is 3.57 Å². The molecule has 0 radical (unpaired) electrons. The van der Waals surface area contributed by atoms with Crippen molar-refractivity contribution in [3.63, 3.8) is 0 Å². The van der Waals surface area contributed by atoms with E-state index in [4.69, 9.17) is 10.5 Å². The monoisotopic (exact) mass is 365 g/mol. The Morgan fingerprint density at radius 3 is 2.68 bits per heavy atom. The van der Waals surface area contributed by atoms with Crippen LogP contribution in [0.3, 0.4) is 0 Å². The molecule has 0 fully saturated rings. The van der Waals surface area contributed by atoms with Crippen LogP contribution in [0.5, 0.6) is 5.75 Å². The molecule has 0 saturated carbocycles. The summed E-state index contributed by atoms with van der Waals surface area (Å²) in [6.07, 6.45) is 2.18. The maximum atomic E-state index is 6.46. The minimum Gasteiger partial charge on any atom is -0.493 e. The topological polar surface area (TPSA) is 35.2 Å². The molecule has 0 amide bonds. The van der Waals surface area contributed by atoms with Crippen LogP contribution in [0.1, 0.15) is 29.2 Å². The van der Waals surface area contributed by atoms with Crippen molar-refractivity contribution in [2.75, 3.05) is 6.61 Å². The van der Waals surface area contributed by atoms with Gasteiger partial charge in [0.05, 0.1) is 12.6 Å². The maximum absolute atomic E-state index is 6.46. The number of hydrogen-bond acceptors (Lipinski definition) is 2. The van der Waals surface area contributed by atoms with Crippen molar-refractivity contribution >= 4 is 22.6 Å². The number of para-hydroxylation sites is 1. The van der Waals surface area contributed by atoms with E-state index in [1.807, 2.05) is 12.1 Å². The molecule has 1 aliphatic heterocycles. The first-order chi connectivity index (χ1) is 9.27. The number of fused-ring (bicyclic) bond motifs is 1. The lowest BCUT2D eigenvalue weighted by Crippen LogP contribution is -2.18. The first kappa shape index (κ1) is 12.9. The van der Waals surface area contributed by atoms with Crippen molar-refractivity contribution in [3.05, 3.63) is 62.7 Å². The van der Waals surface area contributed by atoms with Crippen LogP contribution in [0.15, 0.2) is 42.5 Å². The second kappa shape index (κ2) is 5.51. The summed E-state index contributed by atoms with van der Waals surface area (Å²) in [5, 5.41) is 0. The second-order valence-corrected chi connectivity index (χ2v) is 5.95. The van der Waals surface area contributed by atoms with Gasteiger partial charge in [-0.05, 0) is 52.6 Å². The molecule has 2 aromatic rings. The predicted molar refractivity (Wildman–Crippen MR) is 85.4 cm³/mol. The Hall–Kier alpha value is -1.07. The van der Waals surface area contributed by atoms with Crippen LogP contribution >= 0.6 is 22.6 Å². The Labute approximate surface area is 127 Å². The van der Waals surface area contributed by atoms with Gasteiger partial charge in [-0.15, -0.1) is 0 Å². The molecule has 3 heteroatoms. The first-order valence-corrected chi connectivity index (χ1v) is 7.60. The van der Waals surface area contributed by atoms with Gasteiger partial charge in [0, 0.05) is 9.13 Å². The third-order valence-electron chi connectivity index (χ3n) is 3.54. The van der Waals surface area contributed by atoms with Crippen LogP contribution in [0.4, 0.5) is 0 Å². The first-order valence-electron chi connectivity index (χ1n) is 6.52. The summed E-state index contributed by atoms with van der Waals surface area (Å²) in [6.45, 7) is 0.794. The van der Waals surface area contributed by atoms with Crippen LogP contribution in [0.25, 0.3) is 0 Å². The standard InChI is InChI=1S/C16H16INO/c17-14-9-2-1-7-12(14)15(18)13-8-3-5-11-6-4-10-19-16(11)13/h1-3,5,7-9,15H,4,6,10,18H2. The number of halogens is 1. The lowest BCUT2D eigenvalue weighted by molar-refractivity contribution is 0.284. The van der Waals surface area contributed by atoms with Gasteiger partial charge in [-0.25, -0.2) is 0 Å². The second-order valence-electron chi connectivity index (χ2n) is 4.79. The average Bonchev–Trinajstić information content (AvgIpc) is 2.46. The van der Waals surface area contributed by atoms with E-state index in [9.17, 15) is 0 Å². The van der Waals surface area contributed by atoms with E-state index in [1.54, 1.807) is 0 Å². The quantitative estimate of drug-likeness (QED) is 0.825. The van der Waals surface area contributed by atoms with Gasteiger partial charge in [0.2, 0.25) is 0 Å². The van der Waals surface area contributed by atoms with Gasteiger partial charge in [-0.2, -0.15) is 0 Å². The fourth-order valence-corrected chi connectivity index (χ4v) is 3.28. The van der Waals surface area contributed by atoms with E-state index < -0.39 is 0 Å². The summed E-state index contributed by atoms with van der Waals surface area (Å²) in [4.78, 5) is 0. The van der Waals surface area contributed by atoms with Gasteiger partial charge in [0.25, 0.3) is 0 Å². The zero-order chi connectivity index (χ0) is 13.2. The fourth-order valence-electron chi connectivity index (χ4n) is 2.55. The van der Waals surface area contributed by atoms with E-state index >= 15 is 0 Å². The predicted octanol–water partition coefficient (Wildman–Crippen LogP) is 3.66. The van der Waals surface area contributed by atoms with Gasteiger partial charge >= 0.3 is 0 Å². The van der Waals surface area contributed by atoms with Crippen molar-refractivity contribution in [2.45, 2.75) is 18.9 Å². The van der Waals surface area contributed by atoms with Crippen molar-refractivity contribution < 1.29 is 4.74 Å². The summed E-state index contributed by atoms with van der Waals surface area (Å²) in [5.74, 6) is 1.00. The molecular formula is C16H16INO. The molecule has 0 saturated heterocycles. The number of rotatable bonds is 2. The third-order valence-corrected chi connectivity index (χ3v) is 4.52. The Bertz CT molecular complexity index is 597. The Balaban J connectivity index is 2.05. The highest BCUT2D eigenvalue weighted by Crippen LogP contribution is 2.35. The summed E-state index contributed by atoms with van der Waals surface area (Å²) < 4.78 is 7.05. The van der Waals surface area contributed by atoms with E-state index in [0.717, 1.165) is 36.3 Å². The van der Waals surface area contributed by atoms with Crippen molar-refractivity contribution in [1.29, 1.82) is 0 Å². The lowest BCUT2D eigenvalue weighted by atomic mass is 9.94. The van der Waals surface area contributed by atoms with E-state index in [0.29, 0.717) is 0 Å². The molecule has 98 valence electrons. The molecule has 1 atom stereocenters. The molecule has 0 bridgehead atoms. The normalized spacial score (nSPS) is 15.5. The molecule has 2 aromatic carbocycles. The molecule has 19 heavy (non-hydrogen) atoms. The Morgan fingerprint density at radius 2 is 1.84 bits per heavy atom. The molecule has 3 rings (SSSR count). The zero-order valence-electron chi connectivity index (χ0n) is 10.6. The molecule has 2 N–H and O–H groups in total. The summed E-state index contributed by atoms with van der Waals surface area (Å²) in [6, 6.07) is 14.4. The molecule has 1 aliphatic rings. The van der Waals surface area contributed by atoms with Gasteiger partial charge in [-0.3, -0.25) is 0 Å². The highest BCUT2D eigenvalue weighted by molar-refractivity contribution is 14.1. The molecule has 2 nitrogen and oxygen atoms in total. The van der Waals surface area contributed by atoms with Crippen molar-refractivity contribution in [1.82, 2.24) is 0 Å². The van der Waals surface area contributed by atoms with Gasteiger partial charge < -0.3 is 10.5 Å². The molecule has 1 heterocycles. The fraction of sp³-hybridized carbons (Fsp3) is 0.250. The van der Waals surface area contributed by atoms with Crippen molar-refractivity contribution in [2.24, 2.45) is 5.73 Å². The highest BCUT2D eigenvalue weighted by Gasteiger charge is 2.20. The molecule has 0 spiro atoms. The van der Waals surface area contributed by atoms with E-state index in [-0.39, 0.29) is 6.04 Å². The van der Waals surface area contributed by atoms with Crippen LogP contribution < -0.4 is 10.5 Å². The minimum absolute atomic E-state index is 0.124. The smallest absolute Gasteiger partial charge is 0.127 e. The van der Waals surface area contributed by atoms with Gasteiger partial charge in [-0.1, -0.05) is 36.4 Å². The van der Waals surface area contributed by atoms with E-state index in [1.165, 1.54) is 9.13 Å². The largest absolute Gasteiger partial charge is 0.493 e. The summed E-state index contributed by atoms with van der Waals surface area (Å²) in [5.41, 5.74) is 10.00. The summed E-state index contributed by atoms with van der Waals surface area (Å²) >= 11 is 2.34. The molecule has 1 unspecified atom stereocenters. The van der Waals surface area contributed by atoms with Gasteiger partial charge in [0.15, 0.2) is 0 Å². The Morgan fingerprint density at radius 1 is 1.05 bits per heavy atom. The number of nitrogens with two attached hydrogens (primary N) is 1. The third kappa shape index (κ3) is 2.49. The van der Waals surface area contributed by atoms with Crippen LogP contribution in [-0.4, -0.2) is 6.61 Å². The minimum atomic E-state index is -0.124. The van der Waals surface area contributed by atoms with Gasteiger partial charge in [0.1, 0.15) is 5.75 Å². The number of benzene rings is 2. The Kier molecular flexibility index (Phi) is 3.75.